The second-order valence-electron chi connectivity index (χ2n) is 6.45. The Morgan fingerprint density at radius 2 is 2.20 bits per heavy atom. The van der Waals surface area contributed by atoms with Crippen molar-refractivity contribution in [1.29, 1.82) is 0 Å². The first-order valence-corrected chi connectivity index (χ1v) is 10.2. The molecule has 134 valence electrons. The molecule has 0 saturated carbocycles. The van der Waals surface area contributed by atoms with Crippen molar-refractivity contribution in [2.45, 2.75) is 30.2 Å². The Bertz CT molecular complexity index is 820. The van der Waals surface area contributed by atoms with Gasteiger partial charge in [-0.3, -0.25) is 4.98 Å². The molecule has 0 amide bonds. The summed E-state index contributed by atoms with van der Waals surface area (Å²) in [4.78, 5) is 15.2. The number of hydrogen-bond acceptors (Lipinski definition) is 7. The van der Waals surface area contributed by atoms with Crippen molar-refractivity contribution in [2.75, 3.05) is 31.3 Å². The van der Waals surface area contributed by atoms with Crippen LogP contribution in [0.4, 0.5) is 5.95 Å². The number of rotatable bonds is 5. The Morgan fingerprint density at radius 3 is 2.84 bits per heavy atom. The van der Waals surface area contributed by atoms with E-state index in [0.29, 0.717) is 18.2 Å². The van der Waals surface area contributed by atoms with Crippen LogP contribution in [0.25, 0.3) is 0 Å². The van der Waals surface area contributed by atoms with E-state index in [9.17, 15) is 8.42 Å². The highest BCUT2D eigenvalue weighted by molar-refractivity contribution is 7.90. The third-order valence-corrected chi connectivity index (χ3v) is 5.45. The lowest BCUT2D eigenvalue weighted by molar-refractivity contribution is 0.447. The fourth-order valence-corrected chi connectivity index (χ4v) is 3.89. The number of anilines is 1. The van der Waals surface area contributed by atoms with E-state index in [-0.39, 0.29) is 10.8 Å². The maximum Gasteiger partial charge on any atom is 0.225 e. The van der Waals surface area contributed by atoms with Crippen molar-refractivity contribution in [2.24, 2.45) is 0 Å². The number of nitrogens with zero attached hydrogens (tertiary/aromatic N) is 4. The summed E-state index contributed by atoms with van der Waals surface area (Å²) in [5, 5.41) is 3.32. The molecular formula is C17H23N5O2S. The summed E-state index contributed by atoms with van der Waals surface area (Å²) in [5.41, 5.74) is 1.67. The van der Waals surface area contributed by atoms with Crippen LogP contribution in [-0.4, -0.2) is 49.8 Å². The van der Waals surface area contributed by atoms with Gasteiger partial charge < -0.3 is 10.2 Å². The minimum absolute atomic E-state index is 0.0898. The lowest BCUT2D eigenvalue weighted by Crippen LogP contribution is -2.30. The van der Waals surface area contributed by atoms with Gasteiger partial charge in [0.15, 0.2) is 9.84 Å². The van der Waals surface area contributed by atoms with Gasteiger partial charge in [0.2, 0.25) is 5.95 Å². The van der Waals surface area contributed by atoms with E-state index in [1.54, 1.807) is 12.4 Å². The molecule has 1 aliphatic heterocycles. The number of aromatic nitrogens is 3. The van der Waals surface area contributed by atoms with E-state index in [0.717, 1.165) is 31.5 Å². The first-order chi connectivity index (χ1) is 11.9. The van der Waals surface area contributed by atoms with Crippen LogP contribution in [0.3, 0.4) is 0 Å². The lowest BCUT2D eigenvalue weighted by atomic mass is 9.96. The van der Waals surface area contributed by atoms with Crippen LogP contribution in [-0.2, 0) is 16.4 Å². The number of piperidine rings is 1. The molecule has 7 nitrogen and oxygen atoms in total. The number of nitrogens with one attached hydrogen (secondary N) is 1. The zero-order valence-corrected chi connectivity index (χ0v) is 15.3. The van der Waals surface area contributed by atoms with Crippen LogP contribution < -0.4 is 10.2 Å². The number of pyridine rings is 1. The van der Waals surface area contributed by atoms with Crippen molar-refractivity contribution < 1.29 is 8.42 Å². The summed E-state index contributed by atoms with van der Waals surface area (Å²) < 4.78 is 24.3. The fourth-order valence-electron chi connectivity index (χ4n) is 3.06. The highest BCUT2D eigenvalue weighted by Crippen LogP contribution is 2.28. The van der Waals surface area contributed by atoms with E-state index in [4.69, 9.17) is 0 Å². The van der Waals surface area contributed by atoms with E-state index in [1.807, 2.05) is 24.1 Å². The lowest BCUT2D eigenvalue weighted by Gasteiger charge is -2.25. The van der Waals surface area contributed by atoms with Crippen molar-refractivity contribution in [3.05, 3.63) is 42.0 Å². The Kier molecular flexibility index (Phi) is 5.29. The second-order valence-corrected chi connectivity index (χ2v) is 8.44. The fraction of sp³-hybridized carbons (Fsp3) is 0.471. The van der Waals surface area contributed by atoms with Gasteiger partial charge in [-0.15, -0.1) is 0 Å². The zero-order chi connectivity index (χ0) is 17.9. The molecule has 0 aliphatic carbocycles. The summed E-state index contributed by atoms with van der Waals surface area (Å²) in [5.74, 6) is 0.615. The van der Waals surface area contributed by atoms with Gasteiger partial charge in [-0.25, -0.2) is 18.4 Å². The van der Waals surface area contributed by atoms with Crippen LogP contribution in [0.1, 0.15) is 30.0 Å². The maximum absolute atomic E-state index is 12.1. The highest BCUT2D eigenvalue weighted by Gasteiger charge is 2.25. The van der Waals surface area contributed by atoms with Crippen LogP contribution in [0.15, 0.2) is 35.6 Å². The van der Waals surface area contributed by atoms with Crippen molar-refractivity contribution in [1.82, 2.24) is 20.3 Å². The molecule has 0 bridgehead atoms. The van der Waals surface area contributed by atoms with Gasteiger partial charge >= 0.3 is 0 Å². The van der Waals surface area contributed by atoms with Crippen molar-refractivity contribution >= 4 is 15.8 Å². The molecule has 3 rings (SSSR count). The van der Waals surface area contributed by atoms with Crippen LogP contribution >= 0.6 is 0 Å². The van der Waals surface area contributed by atoms with Crippen molar-refractivity contribution in [3.8, 4) is 0 Å². The predicted molar refractivity (Wildman–Crippen MR) is 96.3 cm³/mol. The minimum Gasteiger partial charge on any atom is -0.339 e. The van der Waals surface area contributed by atoms with Gasteiger partial charge in [-0.1, -0.05) is 6.07 Å². The second kappa shape index (κ2) is 7.45. The largest absolute Gasteiger partial charge is 0.339 e. The van der Waals surface area contributed by atoms with E-state index in [2.05, 4.69) is 20.3 Å². The molecule has 2 aromatic heterocycles. The highest BCUT2D eigenvalue weighted by atomic mass is 32.2. The molecule has 8 heteroatoms. The summed E-state index contributed by atoms with van der Waals surface area (Å²) >= 11 is 0. The molecule has 1 N–H and O–H groups in total. The average Bonchev–Trinajstić information content (AvgIpc) is 2.62. The van der Waals surface area contributed by atoms with E-state index in [1.165, 1.54) is 12.5 Å². The summed E-state index contributed by atoms with van der Waals surface area (Å²) in [6.07, 6.45) is 8.13. The Hall–Kier alpha value is -2.06. The molecule has 3 heterocycles. The molecular weight excluding hydrogens is 338 g/mol. The SMILES string of the molecule is CN(Cc1cccnc1)c1ncc(S(C)(=O)=O)c(C2CCCNC2)n1. The third-order valence-electron chi connectivity index (χ3n) is 4.34. The monoisotopic (exact) mass is 361 g/mol. The third kappa shape index (κ3) is 4.32. The van der Waals surface area contributed by atoms with Crippen molar-refractivity contribution in [3.63, 3.8) is 0 Å². The van der Waals surface area contributed by atoms with E-state index >= 15 is 0 Å². The molecule has 1 saturated heterocycles. The van der Waals surface area contributed by atoms with Crippen LogP contribution in [0.2, 0.25) is 0 Å². The van der Waals surface area contributed by atoms with Gasteiger partial charge in [0.05, 0.1) is 11.9 Å². The zero-order valence-electron chi connectivity index (χ0n) is 14.5. The summed E-state index contributed by atoms with van der Waals surface area (Å²) in [6.45, 7) is 2.31. The molecule has 1 fully saturated rings. The quantitative estimate of drug-likeness (QED) is 0.860. The summed E-state index contributed by atoms with van der Waals surface area (Å²) in [6, 6.07) is 3.87. The minimum atomic E-state index is -3.37. The first kappa shape index (κ1) is 17.8. The molecule has 25 heavy (non-hydrogen) atoms. The molecule has 1 atom stereocenters. The molecule has 0 aromatic carbocycles. The first-order valence-electron chi connectivity index (χ1n) is 8.33. The molecule has 0 radical (unpaired) electrons. The molecule has 2 aromatic rings. The normalized spacial score (nSPS) is 18.1. The standard InChI is InChI=1S/C17H23N5O2S/c1-22(12-13-5-3-7-18-9-13)17-20-11-15(25(2,23)24)16(21-17)14-6-4-8-19-10-14/h3,5,7,9,11,14,19H,4,6,8,10,12H2,1-2H3. The topological polar surface area (TPSA) is 88.1 Å². The predicted octanol–water partition coefficient (Wildman–Crippen LogP) is 1.38. The molecule has 1 aliphatic rings. The Balaban J connectivity index is 1.92. The van der Waals surface area contributed by atoms with E-state index < -0.39 is 9.84 Å². The van der Waals surface area contributed by atoms with Gasteiger partial charge in [-0.2, -0.15) is 0 Å². The van der Waals surface area contributed by atoms with Crippen LogP contribution in [0, 0.1) is 0 Å². The van der Waals surface area contributed by atoms with Gasteiger partial charge in [0.25, 0.3) is 0 Å². The molecule has 0 spiro atoms. The number of sulfone groups is 1. The van der Waals surface area contributed by atoms with Gasteiger partial charge in [0, 0.05) is 44.7 Å². The Labute approximate surface area is 148 Å². The smallest absolute Gasteiger partial charge is 0.225 e. The number of hydrogen-bond donors (Lipinski definition) is 1. The average molecular weight is 361 g/mol. The molecule has 1 unspecified atom stereocenters. The van der Waals surface area contributed by atoms with Crippen LogP contribution in [0.5, 0.6) is 0 Å². The van der Waals surface area contributed by atoms with Gasteiger partial charge in [0.1, 0.15) is 4.90 Å². The Morgan fingerprint density at radius 1 is 1.36 bits per heavy atom. The summed E-state index contributed by atoms with van der Waals surface area (Å²) in [7, 11) is -1.47. The van der Waals surface area contributed by atoms with Gasteiger partial charge in [-0.05, 0) is 31.0 Å². The maximum atomic E-state index is 12.1.